The van der Waals surface area contributed by atoms with E-state index in [-0.39, 0.29) is 18.2 Å². The molecule has 1 aliphatic heterocycles. The Bertz CT molecular complexity index is 183. The van der Waals surface area contributed by atoms with Crippen molar-refractivity contribution in [2.24, 2.45) is 0 Å². The molecule has 0 aromatic rings. The van der Waals surface area contributed by atoms with Gasteiger partial charge in [-0.25, -0.2) is 0 Å². The Morgan fingerprint density at radius 2 is 1.86 bits per heavy atom. The Labute approximate surface area is 84.9 Å². The molecule has 82 valence electrons. The molecule has 2 aliphatic rings. The first-order chi connectivity index (χ1) is 6.75. The van der Waals surface area contributed by atoms with E-state index in [1.54, 1.807) is 0 Å². The van der Waals surface area contributed by atoms with E-state index in [9.17, 15) is 5.11 Å². The Balaban J connectivity index is 1.64. The maximum Gasteiger partial charge on any atom is 0.0794 e. The second-order valence-electron chi connectivity index (χ2n) is 4.51. The van der Waals surface area contributed by atoms with Crippen LogP contribution in [0.25, 0.3) is 0 Å². The standard InChI is InChI=1S/C10H20N2O2/c13-8-5-12(6-8)7-11-9-3-1-2-4-10(9)14/h8-11,13-14H,1-7H2/t9-,10-/m0/s1. The van der Waals surface area contributed by atoms with Gasteiger partial charge in [-0.3, -0.25) is 10.2 Å². The minimum atomic E-state index is -0.171. The number of rotatable bonds is 3. The van der Waals surface area contributed by atoms with Crippen LogP contribution in [-0.4, -0.2) is 53.1 Å². The first kappa shape index (κ1) is 10.4. The minimum Gasteiger partial charge on any atom is -0.392 e. The van der Waals surface area contributed by atoms with Crippen molar-refractivity contribution in [3.8, 4) is 0 Å². The van der Waals surface area contributed by atoms with Crippen molar-refractivity contribution in [3.63, 3.8) is 0 Å². The molecule has 1 aliphatic carbocycles. The van der Waals surface area contributed by atoms with Crippen molar-refractivity contribution >= 4 is 0 Å². The van der Waals surface area contributed by atoms with Gasteiger partial charge in [-0.2, -0.15) is 0 Å². The van der Waals surface area contributed by atoms with Crippen molar-refractivity contribution < 1.29 is 10.2 Å². The fraction of sp³-hybridized carbons (Fsp3) is 1.00. The Kier molecular flexibility index (Phi) is 3.38. The smallest absolute Gasteiger partial charge is 0.0794 e. The molecule has 1 saturated carbocycles. The Morgan fingerprint density at radius 1 is 1.14 bits per heavy atom. The highest BCUT2D eigenvalue weighted by Gasteiger charge is 2.27. The summed E-state index contributed by atoms with van der Waals surface area (Å²) in [4.78, 5) is 2.16. The summed E-state index contributed by atoms with van der Waals surface area (Å²) in [5, 5.41) is 22.1. The number of likely N-dealkylation sites (tertiary alicyclic amines) is 1. The Hall–Kier alpha value is -0.160. The molecule has 0 radical (unpaired) electrons. The van der Waals surface area contributed by atoms with E-state index in [4.69, 9.17) is 5.11 Å². The zero-order valence-electron chi connectivity index (χ0n) is 8.52. The van der Waals surface area contributed by atoms with Gasteiger partial charge < -0.3 is 10.2 Å². The van der Waals surface area contributed by atoms with Gasteiger partial charge in [-0.1, -0.05) is 12.8 Å². The molecule has 0 aromatic heterocycles. The summed E-state index contributed by atoms with van der Waals surface area (Å²) in [6.07, 6.45) is 4.08. The fourth-order valence-corrected chi connectivity index (χ4v) is 2.27. The highest BCUT2D eigenvalue weighted by molar-refractivity contribution is 4.83. The van der Waals surface area contributed by atoms with Crippen molar-refractivity contribution in [2.75, 3.05) is 19.8 Å². The summed E-state index contributed by atoms with van der Waals surface area (Å²) < 4.78 is 0. The summed E-state index contributed by atoms with van der Waals surface area (Å²) in [5.74, 6) is 0. The number of aliphatic hydroxyl groups excluding tert-OH is 2. The molecule has 1 saturated heterocycles. The van der Waals surface area contributed by atoms with Crippen LogP contribution < -0.4 is 5.32 Å². The van der Waals surface area contributed by atoms with E-state index in [2.05, 4.69) is 10.2 Å². The van der Waals surface area contributed by atoms with Crippen LogP contribution in [0.5, 0.6) is 0 Å². The van der Waals surface area contributed by atoms with Crippen LogP contribution in [0, 0.1) is 0 Å². The maximum absolute atomic E-state index is 9.69. The lowest BCUT2D eigenvalue weighted by Crippen LogP contribution is -2.56. The molecule has 0 amide bonds. The van der Waals surface area contributed by atoms with E-state index in [0.717, 1.165) is 39.0 Å². The SMILES string of the molecule is OC1CN(CN[C@H]2CCCC[C@@H]2O)C1. The van der Waals surface area contributed by atoms with Crippen LogP contribution >= 0.6 is 0 Å². The lowest BCUT2D eigenvalue weighted by Gasteiger charge is -2.38. The van der Waals surface area contributed by atoms with Gasteiger partial charge in [0.1, 0.15) is 0 Å². The second-order valence-corrected chi connectivity index (χ2v) is 4.51. The molecule has 0 bridgehead atoms. The van der Waals surface area contributed by atoms with Gasteiger partial charge in [0.15, 0.2) is 0 Å². The summed E-state index contributed by atoms with van der Waals surface area (Å²) in [6.45, 7) is 2.35. The maximum atomic E-state index is 9.69. The molecule has 2 rings (SSSR count). The monoisotopic (exact) mass is 200 g/mol. The molecule has 4 nitrogen and oxygen atoms in total. The number of nitrogens with zero attached hydrogens (tertiary/aromatic N) is 1. The molecular formula is C10H20N2O2. The molecule has 0 aromatic carbocycles. The zero-order chi connectivity index (χ0) is 9.97. The van der Waals surface area contributed by atoms with Gasteiger partial charge in [-0.05, 0) is 12.8 Å². The van der Waals surface area contributed by atoms with Crippen molar-refractivity contribution in [2.45, 2.75) is 43.9 Å². The van der Waals surface area contributed by atoms with Crippen molar-refractivity contribution in [1.82, 2.24) is 10.2 Å². The number of nitrogens with one attached hydrogen (secondary N) is 1. The van der Waals surface area contributed by atoms with Crippen LogP contribution in [0.3, 0.4) is 0 Å². The summed E-state index contributed by atoms with van der Waals surface area (Å²) in [5.41, 5.74) is 0. The molecular weight excluding hydrogens is 180 g/mol. The van der Waals surface area contributed by atoms with Crippen LogP contribution in [0.2, 0.25) is 0 Å². The van der Waals surface area contributed by atoms with E-state index in [1.165, 1.54) is 6.42 Å². The molecule has 2 fully saturated rings. The largest absolute Gasteiger partial charge is 0.392 e. The predicted octanol–water partition coefficient (Wildman–Crippen LogP) is -0.487. The van der Waals surface area contributed by atoms with Gasteiger partial charge >= 0.3 is 0 Å². The summed E-state index contributed by atoms with van der Waals surface area (Å²) >= 11 is 0. The normalized spacial score (nSPS) is 35.6. The number of hydrogen-bond donors (Lipinski definition) is 3. The van der Waals surface area contributed by atoms with E-state index in [0.29, 0.717) is 0 Å². The van der Waals surface area contributed by atoms with Gasteiger partial charge in [0.2, 0.25) is 0 Å². The first-order valence-corrected chi connectivity index (χ1v) is 5.57. The molecule has 1 heterocycles. The van der Waals surface area contributed by atoms with Crippen LogP contribution in [0.15, 0.2) is 0 Å². The quantitative estimate of drug-likeness (QED) is 0.575. The highest BCUT2D eigenvalue weighted by atomic mass is 16.3. The number of β-amino-alcohol motifs (C(OH)–C–C–N with tert-alkyl or cyclic N) is 1. The third-order valence-electron chi connectivity index (χ3n) is 3.24. The lowest BCUT2D eigenvalue weighted by molar-refractivity contribution is -0.0109. The van der Waals surface area contributed by atoms with Gasteiger partial charge in [0.05, 0.1) is 12.2 Å². The number of aliphatic hydroxyl groups is 2. The van der Waals surface area contributed by atoms with Gasteiger partial charge in [0.25, 0.3) is 0 Å². The summed E-state index contributed by atoms with van der Waals surface area (Å²) in [7, 11) is 0. The molecule has 0 spiro atoms. The van der Waals surface area contributed by atoms with Gasteiger partial charge in [0, 0.05) is 25.8 Å². The van der Waals surface area contributed by atoms with Crippen molar-refractivity contribution in [1.29, 1.82) is 0 Å². The summed E-state index contributed by atoms with van der Waals surface area (Å²) in [6, 6.07) is 0.265. The first-order valence-electron chi connectivity index (χ1n) is 5.57. The third-order valence-corrected chi connectivity index (χ3v) is 3.24. The molecule has 0 unspecified atom stereocenters. The molecule has 2 atom stereocenters. The topological polar surface area (TPSA) is 55.7 Å². The zero-order valence-corrected chi connectivity index (χ0v) is 8.52. The van der Waals surface area contributed by atoms with Crippen LogP contribution in [-0.2, 0) is 0 Å². The average Bonchev–Trinajstić information content (AvgIpc) is 2.13. The van der Waals surface area contributed by atoms with Crippen molar-refractivity contribution in [3.05, 3.63) is 0 Å². The lowest BCUT2D eigenvalue weighted by atomic mass is 9.93. The Morgan fingerprint density at radius 3 is 2.50 bits per heavy atom. The van der Waals surface area contributed by atoms with E-state index >= 15 is 0 Å². The van der Waals surface area contributed by atoms with E-state index in [1.807, 2.05) is 0 Å². The number of hydrogen-bond acceptors (Lipinski definition) is 4. The van der Waals surface area contributed by atoms with E-state index < -0.39 is 0 Å². The second kappa shape index (κ2) is 4.57. The average molecular weight is 200 g/mol. The molecule has 3 N–H and O–H groups in total. The predicted molar refractivity (Wildman–Crippen MR) is 53.8 cm³/mol. The molecule has 14 heavy (non-hydrogen) atoms. The minimum absolute atomic E-state index is 0.131. The molecule has 4 heteroatoms. The van der Waals surface area contributed by atoms with Crippen LogP contribution in [0.1, 0.15) is 25.7 Å². The third kappa shape index (κ3) is 2.45. The highest BCUT2D eigenvalue weighted by Crippen LogP contribution is 2.18. The van der Waals surface area contributed by atoms with Gasteiger partial charge in [-0.15, -0.1) is 0 Å². The fourth-order valence-electron chi connectivity index (χ4n) is 2.27. The van der Waals surface area contributed by atoms with Crippen LogP contribution in [0.4, 0.5) is 0 Å².